The number of ether oxygens (including phenoxy) is 1. The first-order valence-electron chi connectivity index (χ1n) is 7.66. The Morgan fingerprint density at radius 1 is 1.35 bits per heavy atom. The Bertz CT molecular complexity index is 565. The van der Waals surface area contributed by atoms with E-state index < -0.39 is 0 Å². The zero-order chi connectivity index (χ0) is 13.9. The molecule has 0 bridgehead atoms. The number of benzene rings is 1. The zero-order valence-electron chi connectivity index (χ0n) is 12.3. The van der Waals surface area contributed by atoms with Gasteiger partial charge in [0.05, 0.1) is 6.10 Å². The molecule has 2 aromatic rings. The van der Waals surface area contributed by atoms with Crippen molar-refractivity contribution in [3.8, 4) is 0 Å². The van der Waals surface area contributed by atoms with E-state index in [1.54, 1.807) is 0 Å². The minimum absolute atomic E-state index is 0.401. The lowest BCUT2D eigenvalue weighted by Crippen LogP contribution is -2.32. The molecule has 0 amide bonds. The van der Waals surface area contributed by atoms with E-state index in [1.165, 1.54) is 22.1 Å². The molecule has 3 rings (SSSR count). The number of thiophene rings is 1. The minimum Gasteiger partial charge on any atom is -0.378 e. The Hall–Kier alpha value is -0.900. The Morgan fingerprint density at radius 3 is 3.00 bits per heavy atom. The van der Waals surface area contributed by atoms with Crippen LogP contribution in [0.4, 0.5) is 0 Å². The average molecular weight is 289 g/mol. The van der Waals surface area contributed by atoms with Crippen LogP contribution in [0.15, 0.2) is 29.6 Å². The van der Waals surface area contributed by atoms with Gasteiger partial charge >= 0.3 is 0 Å². The van der Waals surface area contributed by atoms with Crippen molar-refractivity contribution in [2.45, 2.75) is 38.8 Å². The van der Waals surface area contributed by atoms with Gasteiger partial charge in [0.15, 0.2) is 0 Å². The van der Waals surface area contributed by atoms with Crippen molar-refractivity contribution in [3.05, 3.63) is 35.2 Å². The predicted molar refractivity (Wildman–Crippen MR) is 86.4 cm³/mol. The minimum atomic E-state index is 0.401. The monoisotopic (exact) mass is 289 g/mol. The number of nitrogens with one attached hydrogen (secondary N) is 1. The molecule has 0 radical (unpaired) electrons. The Morgan fingerprint density at radius 2 is 2.20 bits per heavy atom. The van der Waals surface area contributed by atoms with Gasteiger partial charge in [-0.15, -0.1) is 11.3 Å². The molecule has 3 heteroatoms. The second-order valence-corrected chi connectivity index (χ2v) is 6.40. The molecule has 1 aromatic heterocycles. The van der Waals surface area contributed by atoms with Gasteiger partial charge in [0.1, 0.15) is 0 Å². The highest BCUT2D eigenvalue weighted by atomic mass is 32.1. The van der Waals surface area contributed by atoms with E-state index in [9.17, 15) is 0 Å². The maximum atomic E-state index is 5.92. The summed E-state index contributed by atoms with van der Waals surface area (Å²) >= 11 is 1.85. The molecule has 2 heterocycles. The van der Waals surface area contributed by atoms with Gasteiger partial charge in [-0.25, -0.2) is 0 Å². The molecule has 0 spiro atoms. The van der Waals surface area contributed by atoms with Crippen molar-refractivity contribution in [1.82, 2.24) is 5.32 Å². The van der Waals surface area contributed by atoms with E-state index in [1.807, 2.05) is 11.3 Å². The van der Waals surface area contributed by atoms with E-state index >= 15 is 0 Å². The van der Waals surface area contributed by atoms with Gasteiger partial charge in [-0.2, -0.15) is 0 Å². The molecule has 3 atom stereocenters. The lowest BCUT2D eigenvalue weighted by Gasteiger charge is -2.28. The van der Waals surface area contributed by atoms with E-state index in [-0.39, 0.29) is 0 Å². The van der Waals surface area contributed by atoms with Crippen LogP contribution in [-0.2, 0) is 4.74 Å². The van der Waals surface area contributed by atoms with Crippen molar-refractivity contribution in [3.63, 3.8) is 0 Å². The number of hydrogen-bond donors (Lipinski definition) is 1. The first-order valence-corrected chi connectivity index (χ1v) is 8.54. The van der Waals surface area contributed by atoms with Gasteiger partial charge < -0.3 is 10.1 Å². The summed E-state index contributed by atoms with van der Waals surface area (Å²) in [7, 11) is 0. The molecular formula is C17H23NOS. The second kappa shape index (κ2) is 6.25. The lowest BCUT2D eigenvalue weighted by molar-refractivity contribution is 0.0778. The van der Waals surface area contributed by atoms with Crippen molar-refractivity contribution >= 4 is 21.4 Å². The van der Waals surface area contributed by atoms with Gasteiger partial charge in [-0.05, 0) is 41.8 Å². The molecule has 0 saturated carbocycles. The van der Waals surface area contributed by atoms with Crippen LogP contribution in [0.5, 0.6) is 0 Å². The van der Waals surface area contributed by atoms with Gasteiger partial charge in [-0.3, -0.25) is 0 Å². The quantitative estimate of drug-likeness (QED) is 0.882. The van der Waals surface area contributed by atoms with Crippen LogP contribution in [-0.4, -0.2) is 19.3 Å². The molecule has 20 heavy (non-hydrogen) atoms. The molecule has 2 nitrogen and oxygen atoms in total. The zero-order valence-corrected chi connectivity index (χ0v) is 13.1. The van der Waals surface area contributed by atoms with Crippen molar-refractivity contribution < 1.29 is 4.74 Å². The molecule has 108 valence electrons. The fourth-order valence-electron chi connectivity index (χ4n) is 3.42. The summed E-state index contributed by atoms with van der Waals surface area (Å²) in [5, 5.41) is 7.45. The third-order valence-corrected chi connectivity index (χ3v) is 5.34. The summed E-state index contributed by atoms with van der Waals surface area (Å²) in [6, 6.07) is 9.16. The summed E-state index contributed by atoms with van der Waals surface area (Å²) in [5.41, 5.74) is 1.46. The molecule has 1 aromatic carbocycles. The highest BCUT2D eigenvalue weighted by Crippen LogP contribution is 2.39. The smallest absolute Gasteiger partial charge is 0.0619 e. The second-order valence-electron chi connectivity index (χ2n) is 5.49. The molecule has 1 aliphatic rings. The summed E-state index contributed by atoms with van der Waals surface area (Å²) in [6.07, 6.45) is 2.67. The predicted octanol–water partition coefficient (Wildman–Crippen LogP) is 4.37. The van der Waals surface area contributed by atoms with Crippen LogP contribution >= 0.6 is 11.3 Å². The van der Waals surface area contributed by atoms with Gasteiger partial charge in [-0.1, -0.05) is 32.0 Å². The first kappa shape index (κ1) is 14.1. The summed E-state index contributed by atoms with van der Waals surface area (Å²) in [5.74, 6) is 0.595. The summed E-state index contributed by atoms with van der Waals surface area (Å²) in [6.45, 7) is 6.34. The normalized spacial score (nSPS) is 24.3. The summed E-state index contributed by atoms with van der Waals surface area (Å²) in [4.78, 5) is 0. The lowest BCUT2D eigenvalue weighted by atomic mass is 9.86. The topological polar surface area (TPSA) is 21.3 Å². The van der Waals surface area contributed by atoms with Crippen molar-refractivity contribution in [2.24, 2.45) is 5.92 Å². The Labute approximate surface area is 125 Å². The molecule has 0 aliphatic carbocycles. The van der Waals surface area contributed by atoms with Gasteiger partial charge in [0.2, 0.25) is 0 Å². The standard InChI is InChI=1S/C17H23NOS/c1-3-15-13(9-10-19-15)17(18-4-2)14-11-20-16-8-6-5-7-12(14)16/h5-8,11,13,15,17-18H,3-4,9-10H2,1-2H3. The molecule has 1 fully saturated rings. The van der Waals surface area contributed by atoms with Gasteiger partial charge in [0, 0.05) is 23.3 Å². The number of rotatable bonds is 5. The third-order valence-electron chi connectivity index (χ3n) is 4.36. The molecule has 1 saturated heterocycles. The van der Waals surface area contributed by atoms with Crippen molar-refractivity contribution in [2.75, 3.05) is 13.2 Å². The van der Waals surface area contributed by atoms with Crippen LogP contribution < -0.4 is 5.32 Å². The molecular weight excluding hydrogens is 266 g/mol. The highest BCUT2D eigenvalue weighted by molar-refractivity contribution is 7.17. The van der Waals surface area contributed by atoms with Crippen molar-refractivity contribution in [1.29, 1.82) is 0 Å². The fourth-order valence-corrected chi connectivity index (χ4v) is 4.42. The number of hydrogen-bond acceptors (Lipinski definition) is 3. The maximum absolute atomic E-state index is 5.92. The SMILES string of the molecule is CCNC(c1csc2ccccc12)C1CCOC1CC. The fraction of sp³-hybridized carbons (Fsp3) is 0.529. The van der Waals surface area contributed by atoms with Crippen LogP contribution in [0.25, 0.3) is 10.1 Å². The van der Waals surface area contributed by atoms with E-state index in [2.05, 4.69) is 48.8 Å². The number of fused-ring (bicyclic) bond motifs is 1. The van der Waals surface area contributed by atoms with E-state index in [0.717, 1.165) is 19.6 Å². The maximum Gasteiger partial charge on any atom is 0.0619 e. The van der Waals surface area contributed by atoms with E-state index in [4.69, 9.17) is 4.74 Å². The molecule has 3 unspecified atom stereocenters. The third kappa shape index (κ3) is 2.50. The first-order chi connectivity index (χ1) is 9.85. The highest BCUT2D eigenvalue weighted by Gasteiger charge is 2.35. The van der Waals surface area contributed by atoms with Crippen LogP contribution in [0, 0.1) is 5.92 Å². The Kier molecular flexibility index (Phi) is 4.39. The van der Waals surface area contributed by atoms with Gasteiger partial charge in [0.25, 0.3) is 0 Å². The largest absolute Gasteiger partial charge is 0.378 e. The van der Waals surface area contributed by atoms with E-state index in [0.29, 0.717) is 18.1 Å². The van der Waals surface area contributed by atoms with Crippen LogP contribution in [0.1, 0.15) is 38.3 Å². The average Bonchev–Trinajstić information content (AvgIpc) is 3.11. The van der Waals surface area contributed by atoms with Crippen LogP contribution in [0.2, 0.25) is 0 Å². The Balaban J connectivity index is 1.97. The molecule has 1 aliphatic heterocycles. The van der Waals surface area contributed by atoms with Crippen LogP contribution in [0.3, 0.4) is 0 Å². The summed E-state index contributed by atoms with van der Waals surface area (Å²) < 4.78 is 7.30. The molecule has 1 N–H and O–H groups in total.